The van der Waals surface area contributed by atoms with Gasteiger partial charge in [-0.05, 0) is 24.5 Å². The van der Waals surface area contributed by atoms with Gasteiger partial charge in [-0.1, -0.05) is 39.0 Å². The van der Waals surface area contributed by atoms with Crippen LogP contribution in [0.1, 0.15) is 33.3 Å². The van der Waals surface area contributed by atoms with Crippen molar-refractivity contribution in [1.82, 2.24) is 4.98 Å². The van der Waals surface area contributed by atoms with Crippen molar-refractivity contribution in [2.24, 2.45) is 5.41 Å². The Morgan fingerprint density at radius 1 is 1.25 bits per heavy atom. The van der Waals surface area contributed by atoms with Crippen molar-refractivity contribution in [2.45, 2.75) is 40.3 Å². The molecule has 0 amide bonds. The van der Waals surface area contributed by atoms with E-state index in [1.165, 1.54) is 0 Å². The summed E-state index contributed by atoms with van der Waals surface area (Å²) in [6.45, 7) is 8.85. The molecule has 1 aromatic heterocycles. The number of para-hydroxylation sites is 1. The van der Waals surface area contributed by atoms with Gasteiger partial charge in [0.2, 0.25) is 0 Å². The predicted molar refractivity (Wildman–Crippen MR) is 85.0 cm³/mol. The zero-order valence-corrected chi connectivity index (χ0v) is 13.0. The highest BCUT2D eigenvalue weighted by molar-refractivity contribution is 5.81. The highest BCUT2D eigenvalue weighted by Gasteiger charge is 2.26. The third kappa shape index (κ3) is 2.78. The normalized spacial score (nSPS) is 13.5. The molecule has 0 radical (unpaired) electrons. The predicted octanol–water partition coefficient (Wildman–Crippen LogP) is 3.60. The maximum absolute atomic E-state index is 9.64. The minimum Gasteiger partial charge on any atom is -0.392 e. The standard InChI is InChI=1S/C17H24N2O/c1-12(17(2,3)4)19(5)16-14(11-20)10-13-8-6-7-9-15(13)18-16/h6-10,12,20H,11H2,1-5H3. The molecule has 3 heteroatoms. The first-order valence-electron chi connectivity index (χ1n) is 7.07. The molecule has 1 heterocycles. The average Bonchev–Trinajstić information content (AvgIpc) is 2.43. The number of anilines is 1. The first-order valence-corrected chi connectivity index (χ1v) is 7.07. The molecule has 0 bridgehead atoms. The minimum absolute atomic E-state index is 0.00830. The van der Waals surface area contributed by atoms with Gasteiger partial charge in [-0.3, -0.25) is 0 Å². The molecule has 0 saturated heterocycles. The zero-order valence-electron chi connectivity index (χ0n) is 13.0. The van der Waals surface area contributed by atoms with Crippen LogP contribution >= 0.6 is 0 Å². The smallest absolute Gasteiger partial charge is 0.134 e. The fourth-order valence-corrected chi connectivity index (χ4v) is 2.34. The van der Waals surface area contributed by atoms with E-state index in [1.807, 2.05) is 37.4 Å². The Kier molecular flexibility index (Phi) is 4.00. The van der Waals surface area contributed by atoms with E-state index in [4.69, 9.17) is 4.98 Å². The lowest BCUT2D eigenvalue weighted by Gasteiger charge is -2.37. The number of aliphatic hydroxyl groups is 1. The molecule has 0 aliphatic heterocycles. The van der Waals surface area contributed by atoms with Crippen molar-refractivity contribution >= 4 is 16.7 Å². The largest absolute Gasteiger partial charge is 0.392 e. The van der Waals surface area contributed by atoms with Crippen molar-refractivity contribution in [3.8, 4) is 0 Å². The van der Waals surface area contributed by atoms with Crippen LogP contribution in [0.25, 0.3) is 10.9 Å². The van der Waals surface area contributed by atoms with Gasteiger partial charge in [0.15, 0.2) is 0 Å². The second kappa shape index (κ2) is 5.41. The summed E-state index contributed by atoms with van der Waals surface area (Å²) in [5.74, 6) is 0.869. The van der Waals surface area contributed by atoms with Gasteiger partial charge in [-0.2, -0.15) is 0 Å². The van der Waals surface area contributed by atoms with E-state index in [0.29, 0.717) is 6.04 Å². The Morgan fingerprint density at radius 3 is 2.50 bits per heavy atom. The maximum atomic E-state index is 9.64. The number of hydrogen-bond donors (Lipinski definition) is 1. The Morgan fingerprint density at radius 2 is 1.90 bits per heavy atom. The molecule has 108 valence electrons. The number of nitrogens with zero attached hydrogens (tertiary/aromatic N) is 2. The van der Waals surface area contributed by atoms with Crippen LogP contribution in [0.4, 0.5) is 5.82 Å². The fraction of sp³-hybridized carbons (Fsp3) is 0.471. The number of hydrogen-bond acceptors (Lipinski definition) is 3. The maximum Gasteiger partial charge on any atom is 0.134 e. The van der Waals surface area contributed by atoms with Crippen molar-refractivity contribution in [1.29, 1.82) is 0 Å². The third-order valence-corrected chi connectivity index (χ3v) is 4.12. The number of aliphatic hydroxyl groups excluding tert-OH is 1. The minimum atomic E-state index is 0.00830. The molecule has 1 aromatic carbocycles. The Balaban J connectivity index is 2.52. The van der Waals surface area contributed by atoms with Crippen molar-refractivity contribution in [3.63, 3.8) is 0 Å². The quantitative estimate of drug-likeness (QED) is 0.927. The lowest BCUT2D eigenvalue weighted by molar-refractivity contribution is 0.280. The van der Waals surface area contributed by atoms with Gasteiger partial charge in [-0.15, -0.1) is 0 Å². The van der Waals surface area contributed by atoms with Crippen molar-refractivity contribution in [2.75, 3.05) is 11.9 Å². The van der Waals surface area contributed by atoms with E-state index >= 15 is 0 Å². The summed E-state index contributed by atoms with van der Waals surface area (Å²) in [6.07, 6.45) is 0. The summed E-state index contributed by atoms with van der Waals surface area (Å²) in [7, 11) is 2.05. The van der Waals surface area contributed by atoms with E-state index in [1.54, 1.807) is 0 Å². The molecule has 3 nitrogen and oxygen atoms in total. The van der Waals surface area contributed by atoms with E-state index in [0.717, 1.165) is 22.3 Å². The van der Waals surface area contributed by atoms with Crippen LogP contribution in [0.2, 0.25) is 0 Å². The van der Waals surface area contributed by atoms with E-state index in [9.17, 15) is 5.11 Å². The van der Waals surface area contributed by atoms with Crippen LogP contribution in [-0.4, -0.2) is 23.2 Å². The Labute approximate surface area is 121 Å². The Bertz CT molecular complexity index is 601. The molecule has 1 N–H and O–H groups in total. The van der Waals surface area contributed by atoms with Crippen molar-refractivity contribution < 1.29 is 5.11 Å². The summed E-state index contributed by atoms with van der Waals surface area (Å²) in [4.78, 5) is 6.91. The SMILES string of the molecule is CC(N(C)c1nc2ccccc2cc1CO)C(C)(C)C. The highest BCUT2D eigenvalue weighted by Crippen LogP contribution is 2.30. The molecule has 2 aromatic rings. The molecular formula is C17H24N2O. The van der Waals surface area contributed by atoms with Crippen LogP contribution in [0, 0.1) is 5.41 Å². The molecule has 2 rings (SSSR count). The highest BCUT2D eigenvalue weighted by atomic mass is 16.3. The lowest BCUT2D eigenvalue weighted by atomic mass is 9.87. The monoisotopic (exact) mass is 272 g/mol. The molecule has 0 aliphatic carbocycles. The molecule has 0 aliphatic rings. The van der Waals surface area contributed by atoms with Gasteiger partial charge in [0.05, 0.1) is 12.1 Å². The summed E-state index contributed by atoms with van der Waals surface area (Å²) in [5.41, 5.74) is 1.99. The molecule has 0 saturated carbocycles. The summed E-state index contributed by atoms with van der Waals surface area (Å²) >= 11 is 0. The summed E-state index contributed by atoms with van der Waals surface area (Å²) in [5, 5.41) is 10.7. The topological polar surface area (TPSA) is 36.4 Å². The van der Waals surface area contributed by atoms with Gasteiger partial charge >= 0.3 is 0 Å². The molecule has 0 spiro atoms. The van der Waals surface area contributed by atoms with Crippen LogP contribution in [0.15, 0.2) is 30.3 Å². The number of pyridine rings is 1. The van der Waals surface area contributed by atoms with Gasteiger partial charge in [-0.25, -0.2) is 4.98 Å². The van der Waals surface area contributed by atoms with Crippen LogP contribution in [0.3, 0.4) is 0 Å². The van der Waals surface area contributed by atoms with Gasteiger partial charge in [0.1, 0.15) is 5.82 Å². The first kappa shape index (κ1) is 14.8. The Hall–Kier alpha value is -1.61. The number of aromatic nitrogens is 1. The molecule has 1 unspecified atom stereocenters. The lowest BCUT2D eigenvalue weighted by Crippen LogP contribution is -2.40. The van der Waals surface area contributed by atoms with Crippen molar-refractivity contribution in [3.05, 3.63) is 35.9 Å². The average molecular weight is 272 g/mol. The van der Waals surface area contributed by atoms with E-state index in [2.05, 4.69) is 32.6 Å². The fourth-order valence-electron chi connectivity index (χ4n) is 2.34. The van der Waals surface area contributed by atoms with Gasteiger partial charge < -0.3 is 10.0 Å². The number of rotatable bonds is 3. The molecule has 1 atom stereocenters. The molecular weight excluding hydrogens is 248 g/mol. The van der Waals surface area contributed by atoms with E-state index in [-0.39, 0.29) is 12.0 Å². The van der Waals surface area contributed by atoms with Gasteiger partial charge in [0, 0.05) is 24.0 Å². The second-order valence-corrected chi connectivity index (χ2v) is 6.47. The number of benzene rings is 1. The molecule has 20 heavy (non-hydrogen) atoms. The number of fused-ring (bicyclic) bond motifs is 1. The summed E-state index contributed by atoms with van der Waals surface area (Å²) in [6, 6.07) is 10.4. The zero-order chi connectivity index (χ0) is 14.9. The van der Waals surface area contributed by atoms with Crippen LogP contribution < -0.4 is 4.90 Å². The third-order valence-electron chi connectivity index (χ3n) is 4.12. The second-order valence-electron chi connectivity index (χ2n) is 6.47. The van der Waals surface area contributed by atoms with E-state index < -0.39 is 0 Å². The first-order chi connectivity index (χ1) is 9.34. The van der Waals surface area contributed by atoms with Crippen LogP contribution in [-0.2, 0) is 6.61 Å². The van der Waals surface area contributed by atoms with Gasteiger partial charge in [0.25, 0.3) is 0 Å². The summed E-state index contributed by atoms with van der Waals surface area (Å²) < 4.78 is 0. The molecule has 0 fully saturated rings. The van der Waals surface area contributed by atoms with Crippen LogP contribution in [0.5, 0.6) is 0 Å².